The second kappa shape index (κ2) is 55.9. The highest BCUT2D eigenvalue weighted by Crippen LogP contribution is 2.17. The molecule has 0 saturated carbocycles. The van der Waals surface area contributed by atoms with E-state index < -0.39 is 12.1 Å². The van der Waals surface area contributed by atoms with Gasteiger partial charge in [-0.3, -0.25) is 9.59 Å². The summed E-state index contributed by atoms with van der Waals surface area (Å²) in [5.41, 5.74) is 0. The Balaban J connectivity index is 3.40. The summed E-state index contributed by atoms with van der Waals surface area (Å²) in [6, 6.07) is -0.545. The van der Waals surface area contributed by atoms with E-state index in [0.29, 0.717) is 25.9 Å². The number of allylic oxidation sites excluding steroid dienone is 4. The van der Waals surface area contributed by atoms with E-state index in [0.717, 1.165) is 51.4 Å². The summed E-state index contributed by atoms with van der Waals surface area (Å²) >= 11 is 0. The van der Waals surface area contributed by atoms with Gasteiger partial charge in [-0.1, -0.05) is 276 Å². The summed E-state index contributed by atoms with van der Waals surface area (Å²) in [5, 5.41) is 23.3. The predicted molar refractivity (Wildman–Crippen MR) is 287 cm³/mol. The second-order valence-electron chi connectivity index (χ2n) is 20.3. The first kappa shape index (κ1) is 64.3. The van der Waals surface area contributed by atoms with Crippen molar-refractivity contribution in [3.05, 3.63) is 24.3 Å². The maximum Gasteiger partial charge on any atom is 0.305 e. The normalized spacial score (nSPS) is 12.7. The van der Waals surface area contributed by atoms with Crippen molar-refractivity contribution in [2.45, 2.75) is 334 Å². The third-order valence-electron chi connectivity index (χ3n) is 13.8. The van der Waals surface area contributed by atoms with Crippen LogP contribution in [-0.2, 0) is 14.3 Å². The number of unbranched alkanes of at least 4 members (excludes halogenated alkanes) is 40. The Morgan fingerprint density at radius 3 is 1.17 bits per heavy atom. The average molecular weight is 931 g/mol. The lowest BCUT2D eigenvalue weighted by Crippen LogP contribution is -2.45. The first-order valence-electron chi connectivity index (χ1n) is 29.6. The maximum absolute atomic E-state index is 12.5. The molecule has 390 valence electrons. The van der Waals surface area contributed by atoms with E-state index in [4.69, 9.17) is 4.74 Å². The molecule has 0 aromatic rings. The number of aliphatic hydroxyl groups is 2. The summed E-state index contributed by atoms with van der Waals surface area (Å²) in [5.74, 6) is -0.0409. The molecule has 0 aliphatic carbocycles. The minimum Gasteiger partial charge on any atom is -0.466 e. The standard InChI is InChI=1S/C60H115NO5/c1-3-5-7-9-11-13-15-17-19-20-23-26-30-34-38-42-46-50-54-60(65)66-55-51-47-43-39-35-31-27-24-21-22-25-29-33-37-41-45-49-53-59(64)61-57(56-62)58(63)52-48-44-40-36-32-28-18-16-14-12-10-8-6-4-2/h13,15,19-20,57-58,62-63H,3-12,14,16-18,21-56H2,1-2H3,(H,61,64)/b15-13-,20-19-. The van der Waals surface area contributed by atoms with Gasteiger partial charge in [0.15, 0.2) is 0 Å². The number of carbonyl (C=O) groups is 2. The van der Waals surface area contributed by atoms with Crippen LogP contribution in [0.3, 0.4) is 0 Å². The van der Waals surface area contributed by atoms with E-state index in [1.54, 1.807) is 0 Å². The first-order chi connectivity index (χ1) is 32.5. The lowest BCUT2D eigenvalue weighted by Gasteiger charge is -2.22. The number of ether oxygens (including phenoxy) is 1. The van der Waals surface area contributed by atoms with Crippen molar-refractivity contribution in [1.82, 2.24) is 5.32 Å². The third-order valence-corrected chi connectivity index (χ3v) is 13.8. The van der Waals surface area contributed by atoms with Crippen LogP contribution in [0.4, 0.5) is 0 Å². The zero-order chi connectivity index (χ0) is 47.9. The molecule has 3 N–H and O–H groups in total. The van der Waals surface area contributed by atoms with Gasteiger partial charge in [0, 0.05) is 12.8 Å². The fourth-order valence-corrected chi connectivity index (χ4v) is 9.20. The van der Waals surface area contributed by atoms with Crippen LogP contribution in [0, 0.1) is 0 Å². The van der Waals surface area contributed by atoms with E-state index in [1.165, 1.54) is 238 Å². The van der Waals surface area contributed by atoms with Gasteiger partial charge < -0.3 is 20.3 Å². The lowest BCUT2D eigenvalue weighted by molar-refractivity contribution is -0.143. The third kappa shape index (κ3) is 51.7. The molecule has 1 amide bonds. The molecule has 0 rings (SSSR count). The molecule has 6 nitrogen and oxygen atoms in total. The molecular weight excluding hydrogens is 815 g/mol. The molecule has 0 aliphatic rings. The van der Waals surface area contributed by atoms with Gasteiger partial charge in [-0.15, -0.1) is 0 Å². The SMILES string of the molecule is CCCCCC/C=C\C/C=C\CCCCCCCCCC(=O)OCCCCCCCCCCCCCCCCCCCC(=O)NC(CO)C(O)CCCCCCCCCCCCCCCC. The number of amides is 1. The van der Waals surface area contributed by atoms with Gasteiger partial charge in [0.25, 0.3) is 0 Å². The van der Waals surface area contributed by atoms with E-state index in [-0.39, 0.29) is 18.5 Å². The minimum absolute atomic E-state index is 0.00158. The van der Waals surface area contributed by atoms with Crippen molar-refractivity contribution in [2.75, 3.05) is 13.2 Å². The number of carbonyl (C=O) groups excluding carboxylic acids is 2. The molecule has 0 aliphatic heterocycles. The quantitative estimate of drug-likeness (QED) is 0.0321. The van der Waals surface area contributed by atoms with Crippen molar-refractivity contribution >= 4 is 11.9 Å². The topological polar surface area (TPSA) is 95.9 Å². The number of aliphatic hydroxyl groups excluding tert-OH is 2. The van der Waals surface area contributed by atoms with Crippen molar-refractivity contribution in [2.24, 2.45) is 0 Å². The van der Waals surface area contributed by atoms with Crippen LogP contribution in [0.15, 0.2) is 24.3 Å². The van der Waals surface area contributed by atoms with Crippen molar-refractivity contribution in [3.63, 3.8) is 0 Å². The Kier molecular flexibility index (Phi) is 54.5. The summed E-state index contributed by atoms with van der Waals surface area (Å²) < 4.78 is 5.49. The zero-order valence-corrected chi connectivity index (χ0v) is 44.4. The van der Waals surface area contributed by atoms with Crippen LogP contribution >= 0.6 is 0 Å². The van der Waals surface area contributed by atoms with Gasteiger partial charge >= 0.3 is 5.97 Å². The predicted octanol–water partition coefficient (Wildman–Crippen LogP) is 18.2. The summed E-state index contributed by atoms with van der Waals surface area (Å²) in [7, 11) is 0. The van der Waals surface area contributed by atoms with E-state index in [1.807, 2.05) is 0 Å². The lowest BCUT2D eigenvalue weighted by atomic mass is 10.0. The monoisotopic (exact) mass is 930 g/mol. The minimum atomic E-state index is -0.667. The van der Waals surface area contributed by atoms with Crippen molar-refractivity contribution < 1.29 is 24.5 Å². The van der Waals surface area contributed by atoms with Gasteiger partial charge in [-0.05, 0) is 57.8 Å². The van der Waals surface area contributed by atoms with Crippen LogP contribution in [0.2, 0.25) is 0 Å². The molecule has 0 spiro atoms. The number of hydrogen-bond donors (Lipinski definition) is 3. The van der Waals surface area contributed by atoms with E-state index in [2.05, 4.69) is 43.5 Å². The number of hydrogen-bond acceptors (Lipinski definition) is 5. The highest BCUT2D eigenvalue weighted by molar-refractivity contribution is 5.76. The second-order valence-corrected chi connectivity index (χ2v) is 20.3. The first-order valence-corrected chi connectivity index (χ1v) is 29.6. The van der Waals surface area contributed by atoms with Crippen LogP contribution in [0.1, 0.15) is 322 Å². The fourth-order valence-electron chi connectivity index (χ4n) is 9.20. The molecule has 0 radical (unpaired) electrons. The van der Waals surface area contributed by atoms with E-state index >= 15 is 0 Å². The van der Waals surface area contributed by atoms with Gasteiger partial charge in [0.05, 0.1) is 25.4 Å². The Morgan fingerprint density at radius 2 is 0.758 bits per heavy atom. The Labute approximate surface area is 411 Å². The van der Waals surface area contributed by atoms with Crippen LogP contribution < -0.4 is 5.32 Å². The molecule has 2 atom stereocenters. The van der Waals surface area contributed by atoms with Gasteiger partial charge in [0.1, 0.15) is 0 Å². The summed E-state index contributed by atoms with van der Waals surface area (Å²) in [6.07, 6.45) is 67.4. The Bertz CT molecular complexity index is 1030. The molecule has 66 heavy (non-hydrogen) atoms. The fraction of sp³-hybridized carbons (Fsp3) is 0.900. The molecule has 0 bridgehead atoms. The molecule has 0 heterocycles. The number of rotatable bonds is 55. The molecule has 0 aromatic carbocycles. The number of nitrogens with one attached hydrogen (secondary N) is 1. The van der Waals surface area contributed by atoms with Gasteiger partial charge in [0.2, 0.25) is 5.91 Å². The summed E-state index contributed by atoms with van der Waals surface area (Å²) in [4.78, 5) is 24.5. The highest BCUT2D eigenvalue weighted by Gasteiger charge is 2.20. The Morgan fingerprint density at radius 1 is 0.424 bits per heavy atom. The van der Waals surface area contributed by atoms with E-state index in [9.17, 15) is 19.8 Å². The zero-order valence-electron chi connectivity index (χ0n) is 44.4. The van der Waals surface area contributed by atoms with Crippen molar-refractivity contribution in [3.8, 4) is 0 Å². The Hall–Kier alpha value is -1.66. The molecule has 0 aromatic heterocycles. The summed E-state index contributed by atoms with van der Waals surface area (Å²) in [6.45, 7) is 4.93. The van der Waals surface area contributed by atoms with Crippen LogP contribution in [-0.4, -0.2) is 47.4 Å². The average Bonchev–Trinajstić information content (AvgIpc) is 3.32. The van der Waals surface area contributed by atoms with Crippen LogP contribution in [0.25, 0.3) is 0 Å². The highest BCUT2D eigenvalue weighted by atomic mass is 16.5. The van der Waals surface area contributed by atoms with Gasteiger partial charge in [-0.2, -0.15) is 0 Å². The smallest absolute Gasteiger partial charge is 0.305 e. The number of esters is 1. The molecular formula is C60H115NO5. The van der Waals surface area contributed by atoms with Crippen LogP contribution in [0.5, 0.6) is 0 Å². The maximum atomic E-state index is 12.5. The largest absolute Gasteiger partial charge is 0.466 e. The molecule has 0 fully saturated rings. The van der Waals surface area contributed by atoms with Gasteiger partial charge in [-0.25, -0.2) is 0 Å². The van der Waals surface area contributed by atoms with Crippen molar-refractivity contribution in [1.29, 1.82) is 0 Å². The molecule has 2 unspecified atom stereocenters. The molecule has 6 heteroatoms. The molecule has 0 saturated heterocycles.